The van der Waals surface area contributed by atoms with E-state index < -0.39 is 17.3 Å². The predicted molar refractivity (Wildman–Crippen MR) is 115 cm³/mol. The molecule has 0 radical (unpaired) electrons. The van der Waals surface area contributed by atoms with Gasteiger partial charge < -0.3 is 20.0 Å². The van der Waals surface area contributed by atoms with E-state index in [1.54, 1.807) is 35.2 Å². The number of likely N-dealkylation sites (tertiary alicyclic amines) is 1. The molecule has 174 valence electrons. The Labute approximate surface area is 186 Å². The third-order valence-corrected chi connectivity index (χ3v) is 6.05. The van der Waals surface area contributed by atoms with Crippen LogP contribution in [0.2, 0.25) is 0 Å². The van der Waals surface area contributed by atoms with Crippen LogP contribution in [0.25, 0.3) is 0 Å². The first-order valence-electron chi connectivity index (χ1n) is 10.6. The highest BCUT2D eigenvalue weighted by molar-refractivity contribution is 5.76. The van der Waals surface area contributed by atoms with Crippen molar-refractivity contribution < 1.29 is 28.2 Å². The number of hydrogen-bond donors (Lipinski definition) is 2. The molecule has 0 saturated carbocycles. The molecule has 0 aromatic heterocycles. The highest BCUT2D eigenvalue weighted by Gasteiger charge is 2.44. The highest BCUT2D eigenvalue weighted by Crippen LogP contribution is 2.39. The van der Waals surface area contributed by atoms with Crippen LogP contribution in [0, 0.1) is 5.92 Å². The van der Waals surface area contributed by atoms with Crippen molar-refractivity contribution in [2.45, 2.75) is 31.0 Å². The van der Waals surface area contributed by atoms with E-state index in [2.05, 4.69) is 0 Å². The Morgan fingerprint density at radius 1 is 1.19 bits per heavy atom. The molecule has 1 aliphatic rings. The summed E-state index contributed by atoms with van der Waals surface area (Å²) in [7, 11) is 3.77. The fourth-order valence-electron chi connectivity index (χ4n) is 4.36. The summed E-state index contributed by atoms with van der Waals surface area (Å²) in [5.41, 5.74) is -0.838. The molecule has 0 spiro atoms. The molecular weight excluding hydrogens is 421 g/mol. The maximum atomic E-state index is 12.9. The fraction of sp³-hybridized carbons (Fsp3) is 0.458. The topological polar surface area (TPSA) is 64.0 Å². The largest absolute Gasteiger partial charge is 0.508 e. The Kier molecular flexibility index (Phi) is 7.15. The SMILES string of the molecule is CN(C)CC1CN(C(=O)CCc2cccc(C(F)(F)F)c2)CCC1(O)c1cccc(O)c1. The summed E-state index contributed by atoms with van der Waals surface area (Å²) in [6.45, 7) is 1.19. The molecule has 32 heavy (non-hydrogen) atoms. The van der Waals surface area contributed by atoms with Crippen molar-refractivity contribution in [1.29, 1.82) is 0 Å². The first kappa shape index (κ1) is 24.1. The van der Waals surface area contributed by atoms with Crippen LogP contribution in [-0.4, -0.2) is 59.6 Å². The van der Waals surface area contributed by atoms with Crippen molar-refractivity contribution in [2.75, 3.05) is 33.7 Å². The number of amides is 1. The molecule has 8 heteroatoms. The van der Waals surface area contributed by atoms with Crippen molar-refractivity contribution in [2.24, 2.45) is 5.92 Å². The summed E-state index contributed by atoms with van der Waals surface area (Å²) in [5.74, 6) is -0.367. The number of aromatic hydroxyl groups is 1. The van der Waals surface area contributed by atoms with E-state index >= 15 is 0 Å². The molecule has 1 amide bonds. The van der Waals surface area contributed by atoms with E-state index in [0.717, 1.165) is 12.1 Å². The second kappa shape index (κ2) is 9.50. The van der Waals surface area contributed by atoms with E-state index in [9.17, 15) is 28.2 Å². The molecule has 2 unspecified atom stereocenters. The minimum absolute atomic E-state index is 0.0686. The summed E-state index contributed by atoms with van der Waals surface area (Å²) >= 11 is 0. The first-order chi connectivity index (χ1) is 15.0. The number of hydrogen-bond acceptors (Lipinski definition) is 4. The standard InChI is InChI=1S/C24H29F3N2O3/c1-28(2)15-20-16-29(12-11-23(20,32)18-6-4-8-21(30)14-18)22(31)10-9-17-5-3-7-19(13-17)24(25,26)27/h3-8,13-14,20,30,32H,9-12,15-16H2,1-2H3. The molecule has 2 atom stereocenters. The zero-order valence-corrected chi connectivity index (χ0v) is 18.3. The van der Waals surface area contributed by atoms with Crippen LogP contribution in [0.5, 0.6) is 5.75 Å². The lowest BCUT2D eigenvalue weighted by Gasteiger charge is -2.46. The quantitative estimate of drug-likeness (QED) is 0.706. The van der Waals surface area contributed by atoms with Crippen LogP contribution in [0.15, 0.2) is 48.5 Å². The van der Waals surface area contributed by atoms with Gasteiger partial charge in [-0.2, -0.15) is 13.2 Å². The molecule has 5 nitrogen and oxygen atoms in total. The number of alkyl halides is 3. The lowest BCUT2D eigenvalue weighted by molar-refractivity contribution is -0.141. The van der Waals surface area contributed by atoms with Crippen molar-refractivity contribution in [1.82, 2.24) is 9.80 Å². The Morgan fingerprint density at radius 2 is 1.91 bits per heavy atom. The Hall–Kier alpha value is -2.58. The first-order valence-corrected chi connectivity index (χ1v) is 10.6. The van der Waals surface area contributed by atoms with Crippen molar-refractivity contribution >= 4 is 5.91 Å². The fourth-order valence-corrected chi connectivity index (χ4v) is 4.36. The summed E-state index contributed by atoms with van der Waals surface area (Å²) in [6, 6.07) is 11.6. The van der Waals surface area contributed by atoms with Gasteiger partial charge in [-0.05, 0) is 56.3 Å². The monoisotopic (exact) mass is 450 g/mol. The van der Waals surface area contributed by atoms with Gasteiger partial charge in [0, 0.05) is 32.0 Å². The number of aliphatic hydroxyl groups is 1. The Bertz CT molecular complexity index is 948. The molecule has 0 bridgehead atoms. The average Bonchev–Trinajstić information content (AvgIpc) is 2.73. The molecule has 1 saturated heterocycles. The van der Waals surface area contributed by atoms with E-state index in [1.807, 2.05) is 19.0 Å². The zero-order chi connectivity index (χ0) is 23.5. The molecule has 2 N–H and O–H groups in total. The van der Waals surface area contributed by atoms with Gasteiger partial charge in [0.05, 0.1) is 11.2 Å². The Morgan fingerprint density at radius 3 is 2.56 bits per heavy atom. The third-order valence-electron chi connectivity index (χ3n) is 6.05. The van der Waals surface area contributed by atoms with Crippen molar-refractivity contribution in [3.8, 4) is 5.75 Å². The number of phenols is 1. The Balaban J connectivity index is 1.70. The smallest absolute Gasteiger partial charge is 0.416 e. The second-order valence-corrected chi connectivity index (χ2v) is 8.72. The van der Waals surface area contributed by atoms with Crippen molar-refractivity contribution in [3.05, 3.63) is 65.2 Å². The van der Waals surface area contributed by atoms with Crippen LogP contribution in [-0.2, 0) is 23.0 Å². The molecule has 3 rings (SSSR count). The molecule has 2 aromatic carbocycles. The van der Waals surface area contributed by atoms with Gasteiger partial charge in [-0.3, -0.25) is 4.79 Å². The molecular formula is C24H29F3N2O3. The zero-order valence-electron chi connectivity index (χ0n) is 18.3. The van der Waals surface area contributed by atoms with Gasteiger partial charge in [-0.25, -0.2) is 0 Å². The van der Waals surface area contributed by atoms with Gasteiger partial charge in [-0.15, -0.1) is 0 Å². The van der Waals surface area contributed by atoms with Crippen LogP contribution in [0.3, 0.4) is 0 Å². The van der Waals surface area contributed by atoms with Gasteiger partial charge in [0.2, 0.25) is 5.91 Å². The minimum Gasteiger partial charge on any atom is -0.508 e. The summed E-state index contributed by atoms with van der Waals surface area (Å²) in [5, 5.41) is 21.4. The van der Waals surface area contributed by atoms with E-state index in [1.165, 1.54) is 6.07 Å². The van der Waals surface area contributed by atoms with Gasteiger partial charge >= 0.3 is 6.18 Å². The van der Waals surface area contributed by atoms with E-state index in [0.29, 0.717) is 37.2 Å². The molecule has 1 aliphatic heterocycles. The van der Waals surface area contributed by atoms with Gasteiger partial charge in [0.25, 0.3) is 0 Å². The number of nitrogens with zero attached hydrogens (tertiary/aromatic N) is 2. The number of aryl methyl sites for hydroxylation is 1. The van der Waals surface area contributed by atoms with Crippen molar-refractivity contribution in [3.63, 3.8) is 0 Å². The van der Waals surface area contributed by atoms with E-state index in [4.69, 9.17) is 0 Å². The van der Waals surface area contributed by atoms with Crippen LogP contribution in [0.4, 0.5) is 13.2 Å². The molecule has 1 fully saturated rings. The van der Waals surface area contributed by atoms with Gasteiger partial charge in [0.1, 0.15) is 5.75 Å². The van der Waals surface area contributed by atoms with Crippen LogP contribution < -0.4 is 0 Å². The number of halogens is 3. The molecule has 0 aliphatic carbocycles. The highest BCUT2D eigenvalue weighted by atomic mass is 19.4. The molecule has 2 aromatic rings. The molecule has 1 heterocycles. The summed E-state index contributed by atoms with van der Waals surface area (Å²) < 4.78 is 38.8. The average molecular weight is 451 g/mol. The minimum atomic E-state index is -4.41. The maximum absolute atomic E-state index is 12.9. The number of phenolic OH excluding ortho intramolecular Hbond substituents is 1. The van der Waals surface area contributed by atoms with Crippen LogP contribution in [0.1, 0.15) is 29.5 Å². The van der Waals surface area contributed by atoms with Crippen LogP contribution >= 0.6 is 0 Å². The normalized spacial score (nSPS) is 21.7. The van der Waals surface area contributed by atoms with Gasteiger partial charge in [0.15, 0.2) is 0 Å². The lowest BCUT2D eigenvalue weighted by atomic mass is 9.75. The predicted octanol–water partition coefficient (Wildman–Crippen LogP) is 3.64. The second-order valence-electron chi connectivity index (χ2n) is 8.72. The van der Waals surface area contributed by atoms with Gasteiger partial charge in [-0.1, -0.05) is 30.3 Å². The number of carbonyl (C=O) groups is 1. The van der Waals surface area contributed by atoms with E-state index in [-0.39, 0.29) is 30.4 Å². The summed E-state index contributed by atoms with van der Waals surface area (Å²) in [4.78, 5) is 16.5. The number of carbonyl (C=O) groups excluding carboxylic acids is 1. The summed E-state index contributed by atoms with van der Waals surface area (Å²) in [6.07, 6.45) is -3.79. The number of benzene rings is 2. The number of piperidine rings is 1. The maximum Gasteiger partial charge on any atom is 0.416 e. The number of rotatable bonds is 6. The third kappa shape index (κ3) is 5.61. The lowest BCUT2D eigenvalue weighted by Crippen LogP contribution is -2.54.